The van der Waals surface area contributed by atoms with Gasteiger partial charge in [0, 0.05) is 5.60 Å². The van der Waals surface area contributed by atoms with E-state index in [-0.39, 0.29) is 15.6 Å². The zero-order valence-electron chi connectivity index (χ0n) is 5.89. The Bertz CT molecular complexity index is 59.5. The second kappa shape index (κ2) is 3.39. The molecular formula is C4H13O2Si2. The third kappa shape index (κ3) is 6.35. The van der Waals surface area contributed by atoms with Crippen molar-refractivity contribution in [1.29, 1.82) is 0 Å². The Morgan fingerprint density at radius 2 is 1.88 bits per heavy atom. The van der Waals surface area contributed by atoms with Crippen LogP contribution in [-0.2, 0) is 8.54 Å². The molecule has 0 atom stereocenters. The van der Waals surface area contributed by atoms with Gasteiger partial charge in [0.15, 0.2) is 0 Å². The van der Waals surface area contributed by atoms with Gasteiger partial charge in [-0.25, -0.2) is 0 Å². The summed E-state index contributed by atoms with van der Waals surface area (Å²) >= 11 is 0. The van der Waals surface area contributed by atoms with Crippen LogP contribution in [0.1, 0.15) is 20.8 Å². The van der Waals surface area contributed by atoms with Gasteiger partial charge in [0.2, 0.25) is 0 Å². The zero-order chi connectivity index (χ0) is 6.62. The first-order valence-corrected chi connectivity index (χ1v) is 4.34. The lowest BCUT2D eigenvalue weighted by atomic mass is 10.2. The highest BCUT2D eigenvalue weighted by molar-refractivity contribution is 6.27. The summed E-state index contributed by atoms with van der Waals surface area (Å²) < 4.78 is 10.2. The third-order valence-corrected chi connectivity index (χ3v) is 2.07. The van der Waals surface area contributed by atoms with Crippen molar-refractivity contribution >= 4 is 20.5 Å². The molecule has 0 saturated heterocycles. The molecule has 0 aromatic carbocycles. The van der Waals surface area contributed by atoms with Crippen LogP contribution in [0.3, 0.4) is 0 Å². The molecule has 0 aromatic heterocycles. The van der Waals surface area contributed by atoms with Crippen LogP contribution in [-0.4, -0.2) is 26.1 Å². The number of hydrogen-bond acceptors (Lipinski definition) is 2. The van der Waals surface area contributed by atoms with Gasteiger partial charge < -0.3 is 8.54 Å². The fraction of sp³-hybridized carbons (Fsp3) is 1.00. The van der Waals surface area contributed by atoms with Gasteiger partial charge in [0.1, 0.15) is 10.5 Å². The molecule has 0 bridgehead atoms. The summed E-state index contributed by atoms with van der Waals surface area (Å²) in [6.07, 6.45) is 0. The average molecular weight is 149 g/mol. The number of hydrogen-bond donors (Lipinski definition) is 0. The van der Waals surface area contributed by atoms with E-state index in [1.807, 2.05) is 20.8 Å². The van der Waals surface area contributed by atoms with Crippen LogP contribution in [0.25, 0.3) is 0 Å². The molecule has 0 aromatic rings. The van der Waals surface area contributed by atoms with Crippen molar-refractivity contribution < 1.29 is 8.54 Å². The second-order valence-corrected chi connectivity index (χ2v) is 4.88. The van der Waals surface area contributed by atoms with Crippen molar-refractivity contribution in [1.82, 2.24) is 0 Å². The molecule has 0 amide bonds. The minimum atomic E-state index is -0.196. The molecule has 0 fully saturated rings. The van der Waals surface area contributed by atoms with Gasteiger partial charge in [-0.1, -0.05) is 0 Å². The summed E-state index contributed by atoms with van der Waals surface area (Å²) in [4.78, 5) is 0. The largest absolute Gasteiger partial charge is 0.446 e. The van der Waals surface area contributed by atoms with Crippen LogP contribution in [0.15, 0.2) is 0 Å². The van der Waals surface area contributed by atoms with E-state index < -0.39 is 0 Å². The molecule has 8 heavy (non-hydrogen) atoms. The van der Waals surface area contributed by atoms with E-state index in [4.69, 9.17) is 8.54 Å². The van der Waals surface area contributed by atoms with Crippen molar-refractivity contribution in [3.8, 4) is 0 Å². The molecule has 0 spiro atoms. The first kappa shape index (κ1) is 8.35. The maximum Gasteiger partial charge on any atom is 0.353 e. The van der Waals surface area contributed by atoms with E-state index in [9.17, 15) is 0 Å². The quantitative estimate of drug-likeness (QED) is 0.487. The SMILES string of the molecule is CC(C)(C)O[SiH]O[SiH3]. The smallest absolute Gasteiger partial charge is 0.353 e. The van der Waals surface area contributed by atoms with E-state index in [0.29, 0.717) is 0 Å². The zero-order valence-corrected chi connectivity index (χ0v) is 9.05. The summed E-state index contributed by atoms with van der Waals surface area (Å²) in [6, 6.07) is 0. The van der Waals surface area contributed by atoms with Crippen LogP contribution in [0.5, 0.6) is 0 Å². The molecule has 4 heteroatoms. The minimum Gasteiger partial charge on any atom is -0.446 e. The van der Waals surface area contributed by atoms with E-state index in [1.165, 1.54) is 0 Å². The molecule has 0 unspecified atom stereocenters. The molecule has 0 aliphatic carbocycles. The summed E-state index contributed by atoms with van der Waals surface area (Å²) in [5, 5.41) is 0. The summed E-state index contributed by atoms with van der Waals surface area (Å²) in [5.74, 6) is 0. The number of rotatable bonds is 2. The molecular weight excluding hydrogens is 136 g/mol. The Kier molecular flexibility index (Phi) is 3.54. The standard InChI is InChI=1S/C4H13O2Si2/c1-4(2,3)5-8-6-7/h8H,1-3,7H3. The normalized spacial score (nSPS) is 12.4. The fourth-order valence-electron chi connectivity index (χ4n) is 0.192. The van der Waals surface area contributed by atoms with Crippen molar-refractivity contribution in [3.05, 3.63) is 0 Å². The molecule has 0 aliphatic rings. The molecule has 2 nitrogen and oxygen atoms in total. The van der Waals surface area contributed by atoms with Crippen LogP contribution >= 0.6 is 0 Å². The summed E-state index contributed by atoms with van der Waals surface area (Å²) in [6.45, 7) is 6.09. The first-order valence-electron chi connectivity index (χ1n) is 2.58. The molecule has 0 N–H and O–H groups in total. The molecule has 1 radical (unpaired) electrons. The Morgan fingerprint density at radius 1 is 1.38 bits per heavy atom. The average Bonchev–Trinajstić information content (AvgIpc) is 1.59. The van der Waals surface area contributed by atoms with Gasteiger partial charge in [-0.05, 0) is 20.8 Å². The lowest BCUT2D eigenvalue weighted by Gasteiger charge is -2.17. The van der Waals surface area contributed by atoms with Crippen molar-refractivity contribution in [2.24, 2.45) is 0 Å². The van der Waals surface area contributed by atoms with Gasteiger partial charge in [-0.15, -0.1) is 0 Å². The highest BCUT2D eigenvalue weighted by atomic mass is 28.3. The summed E-state index contributed by atoms with van der Waals surface area (Å²) in [5.41, 5.74) is -0.0141. The van der Waals surface area contributed by atoms with Crippen LogP contribution < -0.4 is 0 Å². The fourth-order valence-corrected chi connectivity index (χ4v) is 0.866. The van der Waals surface area contributed by atoms with E-state index in [0.717, 1.165) is 10.5 Å². The highest BCUT2D eigenvalue weighted by Crippen LogP contribution is 2.03. The van der Waals surface area contributed by atoms with Gasteiger partial charge >= 0.3 is 10.0 Å². The highest BCUT2D eigenvalue weighted by Gasteiger charge is 2.08. The summed E-state index contributed by atoms with van der Waals surface area (Å²) in [7, 11) is 0.598. The van der Waals surface area contributed by atoms with E-state index in [1.54, 1.807) is 0 Å². The topological polar surface area (TPSA) is 18.5 Å². The van der Waals surface area contributed by atoms with Crippen molar-refractivity contribution in [2.45, 2.75) is 26.4 Å². The van der Waals surface area contributed by atoms with Crippen LogP contribution in [0, 0.1) is 0 Å². The Hall–Kier alpha value is 0.354. The van der Waals surface area contributed by atoms with E-state index in [2.05, 4.69) is 0 Å². The van der Waals surface area contributed by atoms with Gasteiger partial charge in [-0.2, -0.15) is 0 Å². The maximum absolute atomic E-state index is 5.27. The lowest BCUT2D eigenvalue weighted by Crippen LogP contribution is -2.22. The first-order chi connectivity index (χ1) is 3.56. The predicted octanol–water partition coefficient (Wildman–Crippen LogP) is -0.635. The van der Waals surface area contributed by atoms with Gasteiger partial charge in [0.25, 0.3) is 0 Å². The molecule has 0 aliphatic heterocycles. The monoisotopic (exact) mass is 149 g/mol. The Labute approximate surface area is 56.2 Å². The molecule has 49 valence electrons. The van der Waals surface area contributed by atoms with Gasteiger partial charge in [0.05, 0.1) is 0 Å². The third-order valence-electron chi connectivity index (χ3n) is 0.498. The Balaban J connectivity index is 3.11. The molecule has 0 saturated carbocycles. The lowest BCUT2D eigenvalue weighted by molar-refractivity contribution is 0.120. The van der Waals surface area contributed by atoms with Crippen molar-refractivity contribution in [2.75, 3.05) is 0 Å². The van der Waals surface area contributed by atoms with Gasteiger partial charge in [-0.3, -0.25) is 0 Å². The molecule has 0 heterocycles. The molecule has 0 rings (SSSR count). The maximum atomic E-state index is 5.27. The van der Waals surface area contributed by atoms with Crippen LogP contribution in [0.2, 0.25) is 0 Å². The van der Waals surface area contributed by atoms with Crippen LogP contribution in [0.4, 0.5) is 0 Å². The van der Waals surface area contributed by atoms with Crippen molar-refractivity contribution in [3.63, 3.8) is 0 Å². The minimum absolute atomic E-state index is 0.0141. The predicted molar refractivity (Wildman–Crippen MR) is 39.0 cm³/mol. The Morgan fingerprint density at radius 3 is 2.00 bits per heavy atom. The second-order valence-electron chi connectivity index (χ2n) is 2.56. The van der Waals surface area contributed by atoms with E-state index >= 15 is 0 Å².